The second-order valence-corrected chi connectivity index (χ2v) is 5.11. The van der Waals surface area contributed by atoms with E-state index in [-0.39, 0.29) is 11.9 Å². The predicted octanol–water partition coefficient (Wildman–Crippen LogP) is 2.41. The second kappa shape index (κ2) is 6.55. The molecule has 0 heterocycles. The number of carbonyl (C=O) groups excluding carboxylic acids is 1. The molecule has 1 aromatic rings. The molecular formula is C15H24N2O. The smallest absolute Gasteiger partial charge is 0.237 e. The van der Waals surface area contributed by atoms with E-state index in [1.54, 1.807) is 6.92 Å². The van der Waals surface area contributed by atoms with Gasteiger partial charge >= 0.3 is 0 Å². The molecule has 1 rings (SSSR count). The van der Waals surface area contributed by atoms with Crippen LogP contribution < -0.4 is 11.1 Å². The van der Waals surface area contributed by atoms with Gasteiger partial charge in [-0.15, -0.1) is 0 Å². The Bertz CT molecular complexity index is 382. The van der Waals surface area contributed by atoms with Crippen LogP contribution in [0.15, 0.2) is 24.3 Å². The number of amides is 1. The third-order valence-electron chi connectivity index (χ3n) is 3.13. The third kappa shape index (κ3) is 3.84. The van der Waals surface area contributed by atoms with E-state index in [4.69, 9.17) is 5.73 Å². The van der Waals surface area contributed by atoms with Crippen LogP contribution in [-0.2, 0) is 11.2 Å². The summed E-state index contributed by atoms with van der Waals surface area (Å²) in [6.07, 6.45) is 1.03. The lowest BCUT2D eigenvalue weighted by Gasteiger charge is -2.24. The van der Waals surface area contributed by atoms with Crippen LogP contribution >= 0.6 is 0 Å². The van der Waals surface area contributed by atoms with E-state index in [1.807, 2.05) is 0 Å². The van der Waals surface area contributed by atoms with Gasteiger partial charge in [0.05, 0.1) is 12.1 Å². The Morgan fingerprint density at radius 1 is 1.22 bits per heavy atom. The van der Waals surface area contributed by atoms with Gasteiger partial charge in [0.2, 0.25) is 5.91 Å². The first-order valence-corrected chi connectivity index (χ1v) is 6.60. The Labute approximate surface area is 110 Å². The highest BCUT2D eigenvalue weighted by atomic mass is 16.2. The maximum atomic E-state index is 11.7. The SMILES string of the molecule is CCc1ccc(C(NC(=O)C(C)N)C(C)C)cc1. The molecule has 0 saturated heterocycles. The van der Waals surface area contributed by atoms with Crippen molar-refractivity contribution in [1.29, 1.82) is 0 Å². The number of aryl methyl sites for hydroxylation is 1. The molecule has 0 saturated carbocycles. The molecule has 0 aliphatic carbocycles. The number of nitrogens with two attached hydrogens (primary N) is 1. The summed E-state index contributed by atoms with van der Waals surface area (Å²) in [6.45, 7) is 8.03. The van der Waals surface area contributed by atoms with Crippen molar-refractivity contribution in [3.05, 3.63) is 35.4 Å². The lowest BCUT2D eigenvalue weighted by Crippen LogP contribution is -2.41. The van der Waals surface area contributed by atoms with Gasteiger partial charge in [-0.05, 0) is 30.4 Å². The minimum Gasteiger partial charge on any atom is -0.348 e. The molecule has 0 fully saturated rings. The van der Waals surface area contributed by atoms with Crippen LogP contribution in [0, 0.1) is 5.92 Å². The summed E-state index contributed by atoms with van der Waals surface area (Å²) >= 11 is 0. The van der Waals surface area contributed by atoms with Gasteiger partial charge in [0.15, 0.2) is 0 Å². The number of rotatable bonds is 5. The van der Waals surface area contributed by atoms with E-state index in [9.17, 15) is 4.79 Å². The lowest BCUT2D eigenvalue weighted by molar-refractivity contribution is -0.123. The molecule has 1 amide bonds. The van der Waals surface area contributed by atoms with E-state index in [0.29, 0.717) is 5.92 Å². The number of hydrogen-bond donors (Lipinski definition) is 2. The molecule has 0 aliphatic heterocycles. The van der Waals surface area contributed by atoms with Crippen LogP contribution in [0.25, 0.3) is 0 Å². The zero-order valence-electron chi connectivity index (χ0n) is 11.7. The van der Waals surface area contributed by atoms with Crippen LogP contribution in [0.4, 0.5) is 0 Å². The molecule has 3 nitrogen and oxygen atoms in total. The molecule has 100 valence electrons. The Hall–Kier alpha value is -1.35. The molecule has 0 aliphatic rings. The van der Waals surface area contributed by atoms with E-state index in [1.165, 1.54) is 5.56 Å². The van der Waals surface area contributed by atoms with Crippen LogP contribution in [0.2, 0.25) is 0 Å². The molecule has 3 N–H and O–H groups in total. The van der Waals surface area contributed by atoms with Gasteiger partial charge < -0.3 is 11.1 Å². The molecule has 0 aromatic heterocycles. The average molecular weight is 248 g/mol. The van der Waals surface area contributed by atoms with E-state index in [2.05, 4.69) is 50.4 Å². The van der Waals surface area contributed by atoms with Crippen molar-refractivity contribution in [3.8, 4) is 0 Å². The maximum Gasteiger partial charge on any atom is 0.237 e. The fourth-order valence-corrected chi connectivity index (χ4v) is 1.88. The normalized spacial score (nSPS) is 14.3. The molecule has 1 aromatic carbocycles. The second-order valence-electron chi connectivity index (χ2n) is 5.11. The first-order valence-electron chi connectivity index (χ1n) is 6.60. The molecule has 18 heavy (non-hydrogen) atoms. The van der Waals surface area contributed by atoms with E-state index in [0.717, 1.165) is 12.0 Å². The topological polar surface area (TPSA) is 55.1 Å². The highest BCUT2D eigenvalue weighted by Crippen LogP contribution is 2.22. The highest BCUT2D eigenvalue weighted by Gasteiger charge is 2.19. The van der Waals surface area contributed by atoms with Crippen LogP contribution in [0.5, 0.6) is 0 Å². The Morgan fingerprint density at radius 2 is 1.78 bits per heavy atom. The molecule has 0 spiro atoms. The van der Waals surface area contributed by atoms with Crippen LogP contribution in [0.1, 0.15) is 44.9 Å². The summed E-state index contributed by atoms with van der Waals surface area (Å²) in [5.41, 5.74) is 8.04. The first-order chi connectivity index (χ1) is 8.45. The standard InChI is InChI=1S/C15H24N2O/c1-5-12-6-8-13(9-7-12)14(10(2)3)17-15(18)11(4)16/h6-11,14H,5,16H2,1-4H3,(H,17,18). The molecule has 0 bridgehead atoms. The van der Waals surface area contributed by atoms with Gasteiger partial charge in [0.1, 0.15) is 0 Å². The molecule has 2 atom stereocenters. The van der Waals surface area contributed by atoms with Gasteiger partial charge in [0.25, 0.3) is 0 Å². The fourth-order valence-electron chi connectivity index (χ4n) is 1.88. The third-order valence-corrected chi connectivity index (χ3v) is 3.13. The highest BCUT2D eigenvalue weighted by molar-refractivity contribution is 5.81. The van der Waals surface area contributed by atoms with Crippen molar-refractivity contribution in [1.82, 2.24) is 5.32 Å². The van der Waals surface area contributed by atoms with Crippen LogP contribution in [-0.4, -0.2) is 11.9 Å². The Kier molecular flexibility index (Phi) is 5.35. The minimum atomic E-state index is -0.471. The summed E-state index contributed by atoms with van der Waals surface area (Å²) in [5.74, 6) is 0.230. The quantitative estimate of drug-likeness (QED) is 0.840. The van der Waals surface area contributed by atoms with Crippen molar-refractivity contribution in [3.63, 3.8) is 0 Å². The monoisotopic (exact) mass is 248 g/mol. The van der Waals surface area contributed by atoms with Crippen LogP contribution in [0.3, 0.4) is 0 Å². The maximum absolute atomic E-state index is 11.7. The summed E-state index contributed by atoms with van der Waals surface area (Å²) in [4.78, 5) is 11.7. The van der Waals surface area contributed by atoms with E-state index < -0.39 is 6.04 Å². The van der Waals surface area contributed by atoms with Gasteiger partial charge in [-0.1, -0.05) is 45.0 Å². The summed E-state index contributed by atoms with van der Waals surface area (Å²) < 4.78 is 0. The number of carbonyl (C=O) groups is 1. The first kappa shape index (κ1) is 14.7. The van der Waals surface area contributed by atoms with Crippen molar-refractivity contribution < 1.29 is 4.79 Å². The molecule has 0 radical (unpaired) electrons. The summed E-state index contributed by atoms with van der Waals surface area (Å²) in [5, 5.41) is 3.01. The molecule has 3 heteroatoms. The zero-order chi connectivity index (χ0) is 13.7. The largest absolute Gasteiger partial charge is 0.348 e. The van der Waals surface area contributed by atoms with Gasteiger partial charge in [0, 0.05) is 0 Å². The average Bonchev–Trinajstić information content (AvgIpc) is 2.35. The predicted molar refractivity (Wildman–Crippen MR) is 75.2 cm³/mol. The van der Waals surface area contributed by atoms with E-state index >= 15 is 0 Å². The number of hydrogen-bond acceptors (Lipinski definition) is 2. The van der Waals surface area contributed by atoms with Crippen molar-refractivity contribution in [2.75, 3.05) is 0 Å². The van der Waals surface area contributed by atoms with Crippen molar-refractivity contribution in [2.45, 2.75) is 46.2 Å². The van der Waals surface area contributed by atoms with Crippen molar-refractivity contribution >= 4 is 5.91 Å². The van der Waals surface area contributed by atoms with Gasteiger partial charge in [-0.2, -0.15) is 0 Å². The Balaban J connectivity index is 2.87. The van der Waals surface area contributed by atoms with Crippen molar-refractivity contribution in [2.24, 2.45) is 11.7 Å². The molecular weight excluding hydrogens is 224 g/mol. The lowest BCUT2D eigenvalue weighted by atomic mass is 9.94. The van der Waals surface area contributed by atoms with Gasteiger partial charge in [-0.3, -0.25) is 4.79 Å². The minimum absolute atomic E-state index is 0.0226. The number of nitrogens with one attached hydrogen (secondary N) is 1. The summed E-state index contributed by atoms with van der Waals surface area (Å²) in [6, 6.07) is 7.96. The van der Waals surface area contributed by atoms with Gasteiger partial charge in [-0.25, -0.2) is 0 Å². The zero-order valence-corrected chi connectivity index (χ0v) is 11.7. The summed E-state index contributed by atoms with van der Waals surface area (Å²) in [7, 11) is 0. The number of benzene rings is 1. The fraction of sp³-hybridized carbons (Fsp3) is 0.533. The molecule has 2 unspecified atom stereocenters. The Morgan fingerprint density at radius 3 is 2.17 bits per heavy atom.